The fraction of sp³-hybridized carbons (Fsp3) is 0.438. The molecule has 1 aromatic carbocycles. The Morgan fingerprint density at radius 3 is 2.43 bits per heavy atom. The minimum absolute atomic E-state index is 0.546. The van der Waals surface area contributed by atoms with E-state index in [0.29, 0.717) is 12.2 Å². The maximum atomic E-state index is 8.43. The van der Waals surface area contributed by atoms with Gasteiger partial charge in [0.1, 0.15) is 0 Å². The second kappa shape index (κ2) is 6.28. The standard InChI is InChI=1S/C16H22N4O/c1-2-7-19-14-5-3-4-6-15(14)20(16(19)17)9-8-18-10-12-21-13-11-18/h2-6,17H,1,7-13H2. The second-order valence-electron chi connectivity index (χ2n) is 5.32. The van der Waals surface area contributed by atoms with E-state index in [1.807, 2.05) is 22.8 Å². The number of nitrogens with one attached hydrogen (secondary N) is 1. The number of hydrogen-bond donors (Lipinski definition) is 1. The number of fused-ring (bicyclic) bond motifs is 1. The Morgan fingerprint density at radius 2 is 1.76 bits per heavy atom. The lowest BCUT2D eigenvalue weighted by atomic mass is 10.3. The van der Waals surface area contributed by atoms with Crippen LogP contribution in [0.15, 0.2) is 36.9 Å². The number of allylic oxidation sites excluding steroid dienone is 1. The molecule has 0 amide bonds. The van der Waals surface area contributed by atoms with Crippen LogP contribution in [0.4, 0.5) is 0 Å². The van der Waals surface area contributed by atoms with Gasteiger partial charge in [-0.3, -0.25) is 10.3 Å². The summed E-state index contributed by atoms with van der Waals surface area (Å²) in [6.45, 7) is 9.87. The van der Waals surface area contributed by atoms with Gasteiger partial charge in [0.2, 0.25) is 5.62 Å². The number of morpholine rings is 1. The SMILES string of the molecule is C=CCn1c(=N)n(CCN2CCOCC2)c2ccccc21. The third-order valence-corrected chi connectivity index (χ3v) is 4.03. The van der Waals surface area contributed by atoms with E-state index in [4.69, 9.17) is 10.1 Å². The van der Waals surface area contributed by atoms with E-state index >= 15 is 0 Å². The van der Waals surface area contributed by atoms with Crippen molar-refractivity contribution in [3.05, 3.63) is 42.5 Å². The molecule has 0 radical (unpaired) electrons. The van der Waals surface area contributed by atoms with Gasteiger partial charge in [0.05, 0.1) is 24.2 Å². The average Bonchev–Trinajstić information content (AvgIpc) is 2.79. The zero-order chi connectivity index (χ0) is 14.7. The van der Waals surface area contributed by atoms with Crippen molar-refractivity contribution in [2.75, 3.05) is 32.8 Å². The summed E-state index contributed by atoms with van der Waals surface area (Å²) < 4.78 is 9.47. The molecule has 0 atom stereocenters. The van der Waals surface area contributed by atoms with Crippen LogP contribution < -0.4 is 5.62 Å². The summed E-state index contributed by atoms with van der Waals surface area (Å²) in [5.41, 5.74) is 2.77. The van der Waals surface area contributed by atoms with Crippen LogP contribution in [0.2, 0.25) is 0 Å². The molecular weight excluding hydrogens is 264 g/mol. The monoisotopic (exact) mass is 286 g/mol. The molecule has 1 N–H and O–H groups in total. The van der Waals surface area contributed by atoms with Gasteiger partial charge in [-0.1, -0.05) is 18.2 Å². The van der Waals surface area contributed by atoms with Gasteiger partial charge in [-0.2, -0.15) is 0 Å². The molecule has 0 spiro atoms. The van der Waals surface area contributed by atoms with Crippen LogP contribution >= 0.6 is 0 Å². The molecule has 0 saturated carbocycles. The van der Waals surface area contributed by atoms with Crippen molar-refractivity contribution in [2.45, 2.75) is 13.1 Å². The van der Waals surface area contributed by atoms with E-state index in [1.54, 1.807) is 0 Å². The normalized spacial score (nSPS) is 16.4. The van der Waals surface area contributed by atoms with Crippen LogP contribution in [0.5, 0.6) is 0 Å². The smallest absolute Gasteiger partial charge is 0.203 e. The van der Waals surface area contributed by atoms with Crippen LogP contribution in [-0.4, -0.2) is 46.9 Å². The molecule has 5 heteroatoms. The molecule has 2 heterocycles. The first-order chi connectivity index (χ1) is 10.3. The maximum Gasteiger partial charge on any atom is 0.203 e. The van der Waals surface area contributed by atoms with Crippen LogP contribution in [0, 0.1) is 5.41 Å². The van der Waals surface area contributed by atoms with Crippen LogP contribution in [-0.2, 0) is 17.8 Å². The molecule has 1 saturated heterocycles. The van der Waals surface area contributed by atoms with Crippen molar-refractivity contribution in [3.8, 4) is 0 Å². The minimum atomic E-state index is 0.546. The summed E-state index contributed by atoms with van der Waals surface area (Å²) in [7, 11) is 0. The van der Waals surface area contributed by atoms with Gasteiger partial charge in [-0.15, -0.1) is 6.58 Å². The Balaban J connectivity index is 1.88. The van der Waals surface area contributed by atoms with E-state index in [9.17, 15) is 0 Å². The molecule has 0 unspecified atom stereocenters. The van der Waals surface area contributed by atoms with Gasteiger partial charge in [-0.25, -0.2) is 0 Å². The Kier molecular flexibility index (Phi) is 4.22. The molecule has 1 fully saturated rings. The summed E-state index contributed by atoms with van der Waals surface area (Å²) in [6, 6.07) is 8.22. The van der Waals surface area contributed by atoms with Gasteiger partial charge in [-0.05, 0) is 12.1 Å². The third-order valence-electron chi connectivity index (χ3n) is 4.03. The quantitative estimate of drug-likeness (QED) is 0.846. The fourth-order valence-electron chi connectivity index (χ4n) is 2.90. The molecular formula is C16H22N4O. The van der Waals surface area contributed by atoms with Crippen molar-refractivity contribution < 1.29 is 4.74 Å². The van der Waals surface area contributed by atoms with E-state index in [-0.39, 0.29) is 0 Å². The summed E-state index contributed by atoms with van der Waals surface area (Å²) in [5.74, 6) is 0. The van der Waals surface area contributed by atoms with E-state index < -0.39 is 0 Å². The molecule has 0 aliphatic carbocycles. The predicted molar refractivity (Wildman–Crippen MR) is 83.2 cm³/mol. The van der Waals surface area contributed by atoms with Gasteiger partial charge >= 0.3 is 0 Å². The number of para-hydroxylation sites is 2. The first-order valence-corrected chi connectivity index (χ1v) is 7.45. The Bertz CT molecular complexity index is 679. The van der Waals surface area contributed by atoms with E-state index in [0.717, 1.165) is 50.4 Å². The van der Waals surface area contributed by atoms with E-state index in [2.05, 4.69) is 28.2 Å². The van der Waals surface area contributed by atoms with Gasteiger partial charge in [0.25, 0.3) is 0 Å². The highest BCUT2D eigenvalue weighted by atomic mass is 16.5. The number of hydrogen-bond acceptors (Lipinski definition) is 3. The second-order valence-corrected chi connectivity index (χ2v) is 5.32. The molecule has 2 aromatic rings. The van der Waals surface area contributed by atoms with E-state index in [1.165, 1.54) is 0 Å². The van der Waals surface area contributed by atoms with Crippen LogP contribution in [0.1, 0.15) is 0 Å². The highest BCUT2D eigenvalue weighted by molar-refractivity contribution is 5.75. The lowest BCUT2D eigenvalue weighted by Crippen LogP contribution is -2.39. The molecule has 0 bridgehead atoms. The minimum Gasteiger partial charge on any atom is -0.379 e. The Hall–Kier alpha value is -1.85. The zero-order valence-corrected chi connectivity index (χ0v) is 12.3. The summed E-state index contributed by atoms with van der Waals surface area (Å²) in [4.78, 5) is 2.40. The molecule has 1 aliphatic rings. The third kappa shape index (κ3) is 2.80. The number of ether oxygens (including phenoxy) is 1. The lowest BCUT2D eigenvalue weighted by Gasteiger charge is -2.26. The van der Waals surface area contributed by atoms with Crippen molar-refractivity contribution in [1.82, 2.24) is 14.0 Å². The van der Waals surface area contributed by atoms with Crippen LogP contribution in [0.3, 0.4) is 0 Å². The van der Waals surface area contributed by atoms with Crippen molar-refractivity contribution >= 4 is 11.0 Å². The van der Waals surface area contributed by atoms with Gasteiger partial charge < -0.3 is 13.9 Å². The molecule has 5 nitrogen and oxygen atoms in total. The first-order valence-electron chi connectivity index (χ1n) is 7.45. The topological polar surface area (TPSA) is 46.2 Å². The van der Waals surface area contributed by atoms with Gasteiger partial charge in [0.15, 0.2) is 0 Å². The number of benzene rings is 1. The first kappa shape index (κ1) is 14.1. The largest absolute Gasteiger partial charge is 0.379 e. The molecule has 112 valence electrons. The lowest BCUT2D eigenvalue weighted by molar-refractivity contribution is 0.0363. The molecule has 1 aromatic heterocycles. The average molecular weight is 286 g/mol. The fourth-order valence-corrected chi connectivity index (χ4v) is 2.90. The Labute approximate surface area is 124 Å². The summed E-state index contributed by atoms with van der Waals surface area (Å²) >= 11 is 0. The maximum absolute atomic E-state index is 8.43. The number of rotatable bonds is 5. The van der Waals surface area contributed by atoms with Crippen molar-refractivity contribution in [3.63, 3.8) is 0 Å². The number of aromatic nitrogens is 2. The molecule has 1 aliphatic heterocycles. The van der Waals surface area contributed by atoms with Gasteiger partial charge in [0, 0.05) is 32.7 Å². The molecule has 3 rings (SSSR count). The zero-order valence-electron chi connectivity index (χ0n) is 12.3. The van der Waals surface area contributed by atoms with Crippen LogP contribution in [0.25, 0.3) is 11.0 Å². The van der Waals surface area contributed by atoms with Crippen molar-refractivity contribution in [1.29, 1.82) is 5.41 Å². The summed E-state index contributed by atoms with van der Waals surface area (Å²) in [5, 5.41) is 8.43. The Morgan fingerprint density at radius 1 is 1.10 bits per heavy atom. The highest BCUT2D eigenvalue weighted by Gasteiger charge is 2.13. The predicted octanol–water partition coefficient (Wildman–Crippen LogP) is 1.44. The molecule has 21 heavy (non-hydrogen) atoms. The van der Waals surface area contributed by atoms with Crippen molar-refractivity contribution in [2.24, 2.45) is 0 Å². The number of nitrogens with zero attached hydrogens (tertiary/aromatic N) is 3. The highest BCUT2D eigenvalue weighted by Crippen LogP contribution is 2.13. The number of imidazole rings is 1. The summed E-state index contributed by atoms with van der Waals surface area (Å²) in [6.07, 6.45) is 1.84.